The van der Waals surface area contributed by atoms with Crippen molar-refractivity contribution in [2.75, 3.05) is 24.5 Å². The first kappa shape index (κ1) is 14.7. The van der Waals surface area contributed by atoms with Crippen molar-refractivity contribution in [2.24, 2.45) is 11.8 Å². The molecular formula is C14H17BrFN3O2. The number of anilines is 1. The third kappa shape index (κ3) is 2.42. The van der Waals surface area contributed by atoms with Crippen LogP contribution >= 0.6 is 15.9 Å². The number of hydrogen-bond donors (Lipinski definition) is 1. The molecular weight excluding hydrogens is 341 g/mol. The molecule has 1 aromatic rings. The Labute approximate surface area is 130 Å². The van der Waals surface area contributed by atoms with Crippen molar-refractivity contribution in [3.8, 4) is 0 Å². The Morgan fingerprint density at radius 2 is 2.29 bits per heavy atom. The van der Waals surface area contributed by atoms with Crippen molar-refractivity contribution in [2.45, 2.75) is 19.4 Å². The van der Waals surface area contributed by atoms with E-state index in [1.807, 2.05) is 4.90 Å². The number of benzene rings is 1. The first-order chi connectivity index (χ1) is 10.0. The van der Waals surface area contributed by atoms with Crippen LogP contribution in [-0.4, -0.2) is 30.6 Å². The van der Waals surface area contributed by atoms with Crippen LogP contribution in [0, 0.1) is 27.8 Å². The number of nitrogens with zero attached hydrogens (tertiary/aromatic N) is 2. The summed E-state index contributed by atoms with van der Waals surface area (Å²) in [6, 6.07) is 2.78. The lowest BCUT2D eigenvalue weighted by atomic mass is 9.93. The fourth-order valence-corrected chi connectivity index (χ4v) is 4.06. The Kier molecular flexibility index (Phi) is 3.88. The number of halogens is 2. The molecule has 0 saturated carbocycles. The predicted octanol–water partition coefficient (Wildman–Crippen LogP) is 2.93. The summed E-state index contributed by atoms with van der Waals surface area (Å²) in [5, 5.41) is 14.7. The molecule has 0 aromatic heterocycles. The van der Waals surface area contributed by atoms with Gasteiger partial charge < -0.3 is 10.2 Å². The highest BCUT2D eigenvalue weighted by atomic mass is 79.9. The van der Waals surface area contributed by atoms with Gasteiger partial charge in [-0.1, -0.05) is 6.92 Å². The largest absolute Gasteiger partial charge is 0.362 e. The van der Waals surface area contributed by atoms with Gasteiger partial charge in [0.2, 0.25) is 0 Å². The molecule has 3 rings (SSSR count). The monoisotopic (exact) mass is 357 g/mol. The fourth-order valence-electron chi connectivity index (χ4n) is 3.73. The maximum atomic E-state index is 13.9. The van der Waals surface area contributed by atoms with Crippen LogP contribution in [0.25, 0.3) is 0 Å². The number of nitrogens with one attached hydrogen (secondary N) is 1. The van der Waals surface area contributed by atoms with E-state index in [1.165, 1.54) is 12.1 Å². The molecule has 114 valence electrons. The smallest absolute Gasteiger partial charge is 0.293 e. The normalized spacial score (nSPS) is 28.0. The molecule has 2 heterocycles. The Morgan fingerprint density at radius 3 is 2.95 bits per heavy atom. The van der Waals surface area contributed by atoms with Gasteiger partial charge in [0.15, 0.2) is 0 Å². The van der Waals surface area contributed by atoms with Gasteiger partial charge in [-0.15, -0.1) is 0 Å². The van der Waals surface area contributed by atoms with E-state index in [1.54, 1.807) is 0 Å². The van der Waals surface area contributed by atoms with Crippen LogP contribution in [0.2, 0.25) is 0 Å². The van der Waals surface area contributed by atoms with Crippen molar-refractivity contribution < 1.29 is 9.31 Å². The summed E-state index contributed by atoms with van der Waals surface area (Å²) in [6.45, 7) is 4.70. The van der Waals surface area contributed by atoms with Crippen LogP contribution in [0.1, 0.15) is 13.3 Å². The summed E-state index contributed by atoms with van der Waals surface area (Å²) in [5.74, 6) is 0.517. The molecule has 1 aromatic carbocycles. The van der Waals surface area contributed by atoms with Gasteiger partial charge in [0, 0.05) is 37.8 Å². The van der Waals surface area contributed by atoms with Gasteiger partial charge in [0.25, 0.3) is 5.69 Å². The van der Waals surface area contributed by atoms with Gasteiger partial charge in [-0.3, -0.25) is 10.1 Å². The Balaban J connectivity index is 2.03. The minimum atomic E-state index is -0.458. The van der Waals surface area contributed by atoms with Crippen molar-refractivity contribution in [3.63, 3.8) is 0 Å². The van der Waals surface area contributed by atoms with E-state index in [2.05, 4.69) is 28.2 Å². The summed E-state index contributed by atoms with van der Waals surface area (Å²) < 4.78 is 14.0. The lowest BCUT2D eigenvalue weighted by Gasteiger charge is -2.28. The predicted molar refractivity (Wildman–Crippen MR) is 82.0 cm³/mol. The molecule has 0 radical (unpaired) electrons. The first-order valence-corrected chi connectivity index (χ1v) is 7.93. The zero-order valence-corrected chi connectivity index (χ0v) is 13.3. The summed E-state index contributed by atoms with van der Waals surface area (Å²) in [4.78, 5) is 12.9. The third-order valence-corrected chi connectivity index (χ3v) is 5.27. The minimum absolute atomic E-state index is 0.0327. The van der Waals surface area contributed by atoms with Gasteiger partial charge in [-0.05, 0) is 34.2 Å². The fraction of sp³-hybridized carbons (Fsp3) is 0.571. The van der Waals surface area contributed by atoms with E-state index in [-0.39, 0.29) is 16.2 Å². The van der Waals surface area contributed by atoms with Crippen LogP contribution in [0.15, 0.2) is 16.6 Å². The van der Waals surface area contributed by atoms with Gasteiger partial charge >= 0.3 is 0 Å². The average molecular weight is 358 g/mol. The molecule has 2 aliphatic rings. The second-order valence-corrected chi connectivity index (χ2v) is 6.58. The summed E-state index contributed by atoms with van der Waals surface area (Å²) in [7, 11) is 0. The second-order valence-electron chi connectivity index (χ2n) is 5.72. The summed E-state index contributed by atoms with van der Waals surface area (Å²) >= 11 is 3.03. The van der Waals surface area contributed by atoms with Crippen LogP contribution in [0.3, 0.4) is 0 Å². The summed E-state index contributed by atoms with van der Waals surface area (Å²) in [6.07, 6.45) is 0.900. The Morgan fingerprint density at radius 1 is 1.52 bits per heavy atom. The second kappa shape index (κ2) is 5.53. The van der Waals surface area contributed by atoms with Gasteiger partial charge in [-0.2, -0.15) is 0 Å². The number of fused-ring (bicyclic) bond motifs is 1. The number of rotatable bonds is 3. The number of nitro benzene ring substituents is 1. The Hall–Kier alpha value is -1.21. The first-order valence-electron chi connectivity index (χ1n) is 7.13. The maximum absolute atomic E-state index is 13.9. The zero-order chi connectivity index (χ0) is 15.1. The molecule has 0 bridgehead atoms. The summed E-state index contributed by atoms with van der Waals surface area (Å²) in [5.41, 5.74) is 0.372. The topological polar surface area (TPSA) is 58.4 Å². The minimum Gasteiger partial charge on any atom is -0.362 e. The molecule has 5 nitrogen and oxygen atoms in total. The maximum Gasteiger partial charge on any atom is 0.293 e. The molecule has 1 N–H and O–H groups in total. The van der Waals surface area contributed by atoms with Gasteiger partial charge in [-0.25, -0.2) is 4.39 Å². The highest BCUT2D eigenvalue weighted by molar-refractivity contribution is 9.10. The molecule has 0 amide bonds. The quantitative estimate of drug-likeness (QED) is 0.667. The van der Waals surface area contributed by atoms with Gasteiger partial charge in [0.1, 0.15) is 11.5 Å². The van der Waals surface area contributed by atoms with Crippen molar-refractivity contribution in [1.82, 2.24) is 5.32 Å². The van der Waals surface area contributed by atoms with Crippen molar-refractivity contribution in [3.05, 3.63) is 32.5 Å². The molecule has 21 heavy (non-hydrogen) atoms. The Bertz CT molecular complexity index is 584. The van der Waals surface area contributed by atoms with Crippen LogP contribution < -0.4 is 10.2 Å². The molecule has 3 atom stereocenters. The standard InChI is InChI=1S/C14H17BrFN3O2/c1-2-12-9-6-17-5-8(9)7-18(12)13-4-11(16)10(15)3-14(13)19(20)21/h3-4,8-9,12,17H,2,5-7H2,1H3. The van der Waals surface area contributed by atoms with E-state index >= 15 is 0 Å². The van der Waals surface area contributed by atoms with E-state index < -0.39 is 10.7 Å². The molecule has 2 aliphatic heterocycles. The zero-order valence-electron chi connectivity index (χ0n) is 11.7. The van der Waals surface area contributed by atoms with Crippen molar-refractivity contribution in [1.29, 1.82) is 0 Å². The van der Waals surface area contributed by atoms with Crippen LogP contribution in [0.4, 0.5) is 15.8 Å². The lowest BCUT2D eigenvalue weighted by Crippen LogP contribution is -2.35. The number of hydrogen-bond acceptors (Lipinski definition) is 4. The van der Waals surface area contributed by atoms with E-state index in [0.717, 1.165) is 26.1 Å². The molecule has 2 fully saturated rings. The average Bonchev–Trinajstić information content (AvgIpc) is 3.00. The van der Waals surface area contributed by atoms with E-state index in [0.29, 0.717) is 17.5 Å². The van der Waals surface area contributed by atoms with Gasteiger partial charge in [0.05, 0.1) is 9.40 Å². The van der Waals surface area contributed by atoms with E-state index in [9.17, 15) is 14.5 Å². The molecule has 0 aliphatic carbocycles. The molecule has 2 saturated heterocycles. The third-order valence-electron chi connectivity index (χ3n) is 4.66. The molecule has 0 spiro atoms. The molecule has 7 heteroatoms. The van der Waals surface area contributed by atoms with Crippen LogP contribution in [-0.2, 0) is 0 Å². The highest BCUT2D eigenvalue weighted by Crippen LogP contribution is 2.42. The van der Waals surface area contributed by atoms with E-state index in [4.69, 9.17) is 0 Å². The SMILES string of the molecule is CCC1C2CNCC2CN1c1cc(F)c(Br)cc1[N+](=O)[O-]. The van der Waals surface area contributed by atoms with Crippen molar-refractivity contribution >= 4 is 27.3 Å². The highest BCUT2D eigenvalue weighted by Gasteiger charge is 2.44. The number of nitro groups is 1. The molecule has 3 unspecified atom stereocenters. The lowest BCUT2D eigenvalue weighted by molar-refractivity contribution is -0.384. The van der Waals surface area contributed by atoms with Crippen LogP contribution in [0.5, 0.6) is 0 Å².